The lowest BCUT2D eigenvalue weighted by Gasteiger charge is -2.19. The SMILES string of the molecule is CCN(CC(N)=O)Cc1ccc(F)cc1Br. The Labute approximate surface area is 103 Å². The third kappa shape index (κ3) is 3.90. The van der Waals surface area contributed by atoms with Gasteiger partial charge in [-0.1, -0.05) is 28.9 Å². The minimum atomic E-state index is -0.361. The summed E-state index contributed by atoms with van der Waals surface area (Å²) in [7, 11) is 0. The predicted octanol–water partition coefficient (Wildman–Crippen LogP) is 1.90. The zero-order valence-electron chi connectivity index (χ0n) is 9.04. The Morgan fingerprint density at radius 1 is 1.56 bits per heavy atom. The summed E-state index contributed by atoms with van der Waals surface area (Å²) in [6.45, 7) is 3.44. The molecule has 3 nitrogen and oxygen atoms in total. The highest BCUT2D eigenvalue weighted by atomic mass is 79.9. The van der Waals surface area contributed by atoms with E-state index < -0.39 is 0 Å². The molecule has 1 amide bonds. The van der Waals surface area contributed by atoms with Crippen LogP contribution in [0.2, 0.25) is 0 Å². The summed E-state index contributed by atoms with van der Waals surface area (Å²) in [5.41, 5.74) is 6.07. The van der Waals surface area contributed by atoms with Crippen LogP contribution in [0.5, 0.6) is 0 Å². The molecule has 2 N–H and O–H groups in total. The number of carbonyl (C=O) groups is 1. The van der Waals surface area contributed by atoms with E-state index in [2.05, 4.69) is 15.9 Å². The van der Waals surface area contributed by atoms with E-state index in [0.29, 0.717) is 17.6 Å². The molecule has 0 atom stereocenters. The largest absolute Gasteiger partial charge is 0.369 e. The van der Waals surface area contributed by atoms with Gasteiger partial charge in [0.2, 0.25) is 5.91 Å². The standard InChI is InChI=1S/C11H14BrFN2O/c1-2-15(7-11(14)16)6-8-3-4-9(13)5-10(8)12/h3-5H,2,6-7H2,1H3,(H2,14,16). The number of primary amides is 1. The summed E-state index contributed by atoms with van der Waals surface area (Å²) in [5, 5.41) is 0. The molecule has 0 heterocycles. The van der Waals surface area contributed by atoms with Gasteiger partial charge in [-0.05, 0) is 24.2 Å². The Morgan fingerprint density at radius 3 is 2.75 bits per heavy atom. The van der Waals surface area contributed by atoms with E-state index >= 15 is 0 Å². The van der Waals surface area contributed by atoms with Crippen molar-refractivity contribution in [3.05, 3.63) is 34.1 Å². The van der Waals surface area contributed by atoms with Crippen molar-refractivity contribution in [3.8, 4) is 0 Å². The molecule has 0 saturated carbocycles. The van der Waals surface area contributed by atoms with Gasteiger partial charge in [0, 0.05) is 11.0 Å². The first kappa shape index (κ1) is 13.1. The van der Waals surface area contributed by atoms with Crippen LogP contribution in [0.25, 0.3) is 0 Å². The summed E-state index contributed by atoms with van der Waals surface area (Å²) in [6, 6.07) is 4.51. The Morgan fingerprint density at radius 2 is 2.25 bits per heavy atom. The van der Waals surface area contributed by atoms with E-state index in [4.69, 9.17) is 5.73 Å². The van der Waals surface area contributed by atoms with E-state index in [1.807, 2.05) is 11.8 Å². The molecule has 5 heteroatoms. The van der Waals surface area contributed by atoms with Gasteiger partial charge in [-0.3, -0.25) is 9.69 Å². The summed E-state index contributed by atoms with van der Waals surface area (Å²) in [4.78, 5) is 12.7. The molecule has 0 aliphatic carbocycles. The van der Waals surface area contributed by atoms with Crippen LogP contribution >= 0.6 is 15.9 Å². The third-order valence-corrected chi connectivity index (χ3v) is 2.97. The number of likely N-dealkylation sites (N-methyl/N-ethyl adjacent to an activating group) is 1. The molecule has 0 aromatic heterocycles. The average molecular weight is 289 g/mol. The molecular formula is C11H14BrFN2O. The van der Waals surface area contributed by atoms with Crippen LogP contribution in [0.3, 0.4) is 0 Å². The molecule has 0 radical (unpaired) electrons. The van der Waals surface area contributed by atoms with Gasteiger partial charge in [0.15, 0.2) is 0 Å². The first-order valence-electron chi connectivity index (χ1n) is 4.97. The Bertz CT molecular complexity index is 384. The number of nitrogens with zero attached hydrogens (tertiary/aromatic N) is 1. The van der Waals surface area contributed by atoms with E-state index in [0.717, 1.165) is 5.56 Å². The maximum absolute atomic E-state index is 12.9. The van der Waals surface area contributed by atoms with Gasteiger partial charge in [-0.25, -0.2) is 4.39 Å². The lowest BCUT2D eigenvalue weighted by molar-refractivity contribution is -0.119. The van der Waals surface area contributed by atoms with Crippen molar-refractivity contribution in [1.29, 1.82) is 0 Å². The van der Waals surface area contributed by atoms with Crippen LogP contribution in [0.4, 0.5) is 4.39 Å². The monoisotopic (exact) mass is 288 g/mol. The number of hydrogen-bond donors (Lipinski definition) is 1. The summed E-state index contributed by atoms with van der Waals surface area (Å²) in [6.07, 6.45) is 0. The van der Waals surface area contributed by atoms with Crippen LogP contribution < -0.4 is 5.73 Å². The molecule has 0 bridgehead atoms. The van der Waals surface area contributed by atoms with Crippen LogP contribution in [-0.4, -0.2) is 23.9 Å². The number of carbonyl (C=O) groups excluding carboxylic acids is 1. The summed E-state index contributed by atoms with van der Waals surface area (Å²) in [5.74, 6) is -0.645. The molecule has 0 fully saturated rings. The zero-order chi connectivity index (χ0) is 12.1. The van der Waals surface area contributed by atoms with Crippen molar-refractivity contribution in [1.82, 2.24) is 4.90 Å². The first-order chi connectivity index (χ1) is 7.52. The third-order valence-electron chi connectivity index (χ3n) is 2.24. The number of nitrogens with two attached hydrogens (primary N) is 1. The number of rotatable bonds is 5. The van der Waals surface area contributed by atoms with Gasteiger partial charge in [0.05, 0.1) is 6.54 Å². The van der Waals surface area contributed by atoms with Gasteiger partial charge in [-0.2, -0.15) is 0 Å². The second-order valence-corrected chi connectivity index (χ2v) is 4.36. The molecule has 0 aliphatic heterocycles. The Kier molecular flexibility index (Phi) is 4.89. The fourth-order valence-corrected chi connectivity index (χ4v) is 1.87. The van der Waals surface area contributed by atoms with Crippen LogP contribution in [0.1, 0.15) is 12.5 Å². The van der Waals surface area contributed by atoms with Crippen molar-refractivity contribution >= 4 is 21.8 Å². The van der Waals surface area contributed by atoms with Gasteiger partial charge in [0.25, 0.3) is 0 Å². The van der Waals surface area contributed by atoms with Gasteiger partial charge < -0.3 is 5.73 Å². The normalized spacial score (nSPS) is 10.8. The van der Waals surface area contributed by atoms with Crippen molar-refractivity contribution in [3.63, 3.8) is 0 Å². The Balaban J connectivity index is 2.73. The van der Waals surface area contributed by atoms with Crippen molar-refractivity contribution < 1.29 is 9.18 Å². The number of amides is 1. The summed E-state index contributed by atoms with van der Waals surface area (Å²) < 4.78 is 13.6. The Hall–Kier alpha value is -0.940. The maximum Gasteiger partial charge on any atom is 0.231 e. The molecule has 0 aliphatic rings. The van der Waals surface area contributed by atoms with Crippen LogP contribution in [0.15, 0.2) is 22.7 Å². The quantitative estimate of drug-likeness (QED) is 0.900. The minimum absolute atomic E-state index is 0.209. The molecule has 1 aromatic rings. The number of benzene rings is 1. The highest BCUT2D eigenvalue weighted by Gasteiger charge is 2.09. The number of hydrogen-bond acceptors (Lipinski definition) is 2. The molecular weight excluding hydrogens is 275 g/mol. The van der Waals surface area contributed by atoms with E-state index in [-0.39, 0.29) is 18.3 Å². The van der Waals surface area contributed by atoms with E-state index in [9.17, 15) is 9.18 Å². The topological polar surface area (TPSA) is 46.3 Å². The van der Waals surface area contributed by atoms with Crippen LogP contribution in [-0.2, 0) is 11.3 Å². The highest BCUT2D eigenvalue weighted by Crippen LogP contribution is 2.19. The van der Waals surface area contributed by atoms with E-state index in [1.165, 1.54) is 12.1 Å². The molecule has 0 saturated heterocycles. The van der Waals surface area contributed by atoms with Gasteiger partial charge in [0.1, 0.15) is 5.82 Å². The molecule has 88 valence electrons. The summed E-state index contributed by atoms with van der Waals surface area (Å²) >= 11 is 3.29. The van der Waals surface area contributed by atoms with Crippen LogP contribution in [0, 0.1) is 5.82 Å². The average Bonchev–Trinajstić information content (AvgIpc) is 2.20. The van der Waals surface area contributed by atoms with Gasteiger partial charge in [-0.15, -0.1) is 0 Å². The second-order valence-electron chi connectivity index (χ2n) is 3.51. The smallest absolute Gasteiger partial charge is 0.231 e. The van der Waals surface area contributed by atoms with Crippen molar-refractivity contribution in [2.75, 3.05) is 13.1 Å². The maximum atomic E-state index is 12.9. The fourth-order valence-electron chi connectivity index (χ4n) is 1.39. The second kappa shape index (κ2) is 5.96. The van der Waals surface area contributed by atoms with Gasteiger partial charge >= 0.3 is 0 Å². The molecule has 16 heavy (non-hydrogen) atoms. The fraction of sp³-hybridized carbons (Fsp3) is 0.364. The predicted molar refractivity (Wildman–Crippen MR) is 64.2 cm³/mol. The highest BCUT2D eigenvalue weighted by molar-refractivity contribution is 9.10. The zero-order valence-corrected chi connectivity index (χ0v) is 10.6. The van der Waals surface area contributed by atoms with E-state index in [1.54, 1.807) is 6.07 Å². The minimum Gasteiger partial charge on any atom is -0.369 e. The molecule has 1 rings (SSSR count). The van der Waals surface area contributed by atoms with Crippen molar-refractivity contribution in [2.24, 2.45) is 5.73 Å². The molecule has 0 spiro atoms. The van der Waals surface area contributed by atoms with Crippen molar-refractivity contribution in [2.45, 2.75) is 13.5 Å². The number of halogens is 2. The molecule has 1 aromatic carbocycles. The lowest BCUT2D eigenvalue weighted by Crippen LogP contribution is -2.33. The molecule has 0 unspecified atom stereocenters. The lowest BCUT2D eigenvalue weighted by atomic mass is 10.2. The first-order valence-corrected chi connectivity index (χ1v) is 5.76.